The van der Waals surface area contributed by atoms with Crippen molar-refractivity contribution in [3.8, 4) is 0 Å². The van der Waals surface area contributed by atoms with Crippen LogP contribution in [-0.4, -0.2) is 24.8 Å². The van der Waals surface area contributed by atoms with Crippen LogP contribution in [0.4, 0.5) is 0 Å². The maximum atomic E-state index is 9.03. The van der Waals surface area contributed by atoms with Gasteiger partial charge in [-0.3, -0.25) is 0 Å². The second-order valence-corrected chi connectivity index (χ2v) is 4.15. The van der Waals surface area contributed by atoms with Crippen LogP contribution >= 0.6 is 0 Å². The standard InChI is InChI=1S/C9H17NO/c11-6-9-2-7-1-8(3-9)5-10-4-7/h7-11H,1-6H2. The van der Waals surface area contributed by atoms with Crippen molar-refractivity contribution in [1.29, 1.82) is 0 Å². The average molecular weight is 155 g/mol. The fourth-order valence-electron chi connectivity index (χ4n) is 2.68. The lowest BCUT2D eigenvalue weighted by Gasteiger charge is -2.38. The van der Waals surface area contributed by atoms with Crippen molar-refractivity contribution >= 4 is 0 Å². The molecule has 0 spiro atoms. The Morgan fingerprint density at radius 3 is 2.27 bits per heavy atom. The molecular weight excluding hydrogens is 138 g/mol. The fraction of sp³-hybridized carbons (Fsp3) is 1.00. The van der Waals surface area contributed by atoms with Crippen LogP contribution in [0.25, 0.3) is 0 Å². The molecule has 1 aliphatic heterocycles. The predicted molar refractivity (Wildman–Crippen MR) is 44.3 cm³/mol. The first kappa shape index (κ1) is 7.56. The molecule has 1 saturated heterocycles. The summed E-state index contributed by atoms with van der Waals surface area (Å²) in [6, 6.07) is 0. The summed E-state index contributed by atoms with van der Waals surface area (Å²) in [7, 11) is 0. The highest BCUT2D eigenvalue weighted by Gasteiger charge is 2.30. The molecule has 2 heteroatoms. The molecule has 1 saturated carbocycles. The van der Waals surface area contributed by atoms with Crippen molar-refractivity contribution in [2.24, 2.45) is 17.8 Å². The number of piperidine rings is 1. The molecule has 2 unspecified atom stereocenters. The summed E-state index contributed by atoms with van der Waals surface area (Å²) in [5.41, 5.74) is 0. The maximum absolute atomic E-state index is 9.03. The Bertz CT molecular complexity index is 126. The van der Waals surface area contributed by atoms with E-state index in [0.717, 1.165) is 11.8 Å². The van der Waals surface area contributed by atoms with Crippen molar-refractivity contribution in [2.45, 2.75) is 19.3 Å². The van der Waals surface area contributed by atoms with Crippen molar-refractivity contribution in [2.75, 3.05) is 19.7 Å². The largest absolute Gasteiger partial charge is 0.396 e. The zero-order valence-corrected chi connectivity index (χ0v) is 6.92. The molecule has 2 bridgehead atoms. The van der Waals surface area contributed by atoms with Crippen molar-refractivity contribution in [3.05, 3.63) is 0 Å². The minimum absolute atomic E-state index is 0.410. The third-order valence-electron chi connectivity index (χ3n) is 3.12. The third kappa shape index (κ3) is 1.57. The molecule has 1 heterocycles. The van der Waals surface area contributed by atoms with E-state index in [0.29, 0.717) is 12.5 Å². The van der Waals surface area contributed by atoms with Gasteiger partial charge in [0.05, 0.1) is 0 Å². The number of aliphatic hydroxyl groups excluding tert-OH is 1. The molecule has 2 nitrogen and oxygen atoms in total. The summed E-state index contributed by atoms with van der Waals surface area (Å²) in [5, 5.41) is 12.5. The number of hydrogen-bond donors (Lipinski definition) is 2. The van der Waals surface area contributed by atoms with Gasteiger partial charge in [0, 0.05) is 6.61 Å². The molecule has 0 aromatic carbocycles. The highest BCUT2D eigenvalue weighted by Crippen LogP contribution is 2.34. The Morgan fingerprint density at radius 2 is 1.73 bits per heavy atom. The Hall–Kier alpha value is -0.0800. The van der Waals surface area contributed by atoms with Crippen molar-refractivity contribution < 1.29 is 5.11 Å². The van der Waals surface area contributed by atoms with Gasteiger partial charge in [-0.25, -0.2) is 0 Å². The van der Waals surface area contributed by atoms with E-state index in [9.17, 15) is 0 Å². The summed E-state index contributed by atoms with van der Waals surface area (Å²) in [6.07, 6.45) is 3.91. The lowest BCUT2D eigenvalue weighted by atomic mass is 9.73. The predicted octanol–water partition coefficient (Wildman–Crippen LogP) is 0.614. The van der Waals surface area contributed by atoms with Crippen molar-refractivity contribution in [3.63, 3.8) is 0 Å². The van der Waals surface area contributed by atoms with Gasteiger partial charge in [0.1, 0.15) is 0 Å². The topological polar surface area (TPSA) is 32.3 Å². The SMILES string of the molecule is OCC1CC2CNCC(C1)C2. The molecule has 64 valence electrons. The first-order valence-electron chi connectivity index (χ1n) is 4.70. The average Bonchev–Trinajstić information content (AvgIpc) is 2.03. The summed E-state index contributed by atoms with van der Waals surface area (Å²) in [5.74, 6) is 2.33. The normalized spacial score (nSPS) is 43.9. The van der Waals surface area contributed by atoms with E-state index >= 15 is 0 Å². The second kappa shape index (κ2) is 3.11. The lowest BCUT2D eigenvalue weighted by molar-refractivity contribution is 0.103. The number of hydrogen-bond acceptors (Lipinski definition) is 2. The number of rotatable bonds is 1. The molecular formula is C9H17NO. The second-order valence-electron chi connectivity index (χ2n) is 4.15. The van der Waals surface area contributed by atoms with Gasteiger partial charge in [0.2, 0.25) is 0 Å². The van der Waals surface area contributed by atoms with Gasteiger partial charge in [0.15, 0.2) is 0 Å². The van der Waals surface area contributed by atoms with E-state index in [4.69, 9.17) is 5.11 Å². The van der Waals surface area contributed by atoms with Gasteiger partial charge < -0.3 is 10.4 Å². The highest BCUT2D eigenvalue weighted by molar-refractivity contribution is 4.84. The smallest absolute Gasteiger partial charge is 0.0459 e. The Morgan fingerprint density at radius 1 is 1.09 bits per heavy atom. The molecule has 2 aliphatic rings. The zero-order valence-electron chi connectivity index (χ0n) is 6.92. The molecule has 0 aromatic heterocycles. The summed E-state index contributed by atoms with van der Waals surface area (Å²) < 4.78 is 0. The molecule has 1 aliphatic carbocycles. The van der Waals surface area contributed by atoms with E-state index in [1.54, 1.807) is 0 Å². The van der Waals surface area contributed by atoms with E-state index in [2.05, 4.69) is 5.32 Å². The Kier molecular flexibility index (Phi) is 2.14. The van der Waals surface area contributed by atoms with Gasteiger partial charge in [-0.1, -0.05) is 0 Å². The van der Waals surface area contributed by atoms with Crippen LogP contribution in [0.5, 0.6) is 0 Å². The number of aliphatic hydroxyl groups is 1. The fourth-order valence-corrected chi connectivity index (χ4v) is 2.68. The van der Waals surface area contributed by atoms with Crippen LogP contribution < -0.4 is 5.32 Å². The summed E-state index contributed by atoms with van der Waals surface area (Å²) in [6.45, 7) is 2.78. The van der Waals surface area contributed by atoms with Crippen LogP contribution in [0.3, 0.4) is 0 Å². The van der Waals surface area contributed by atoms with Crippen LogP contribution in [0.2, 0.25) is 0 Å². The molecule has 2 N–H and O–H groups in total. The van der Waals surface area contributed by atoms with E-state index in [1.807, 2.05) is 0 Å². The Balaban J connectivity index is 1.94. The lowest BCUT2D eigenvalue weighted by Crippen LogP contribution is -2.42. The molecule has 2 rings (SSSR count). The van der Waals surface area contributed by atoms with Crippen LogP contribution in [0.1, 0.15) is 19.3 Å². The van der Waals surface area contributed by atoms with E-state index in [-0.39, 0.29) is 0 Å². The summed E-state index contributed by atoms with van der Waals surface area (Å²) in [4.78, 5) is 0. The third-order valence-corrected chi connectivity index (χ3v) is 3.12. The monoisotopic (exact) mass is 155 g/mol. The maximum Gasteiger partial charge on any atom is 0.0459 e. The number of nitrogens with one attached hydrogen (secondary N) is 1. The van der Waals surface area contributed by atoms with Gasteiger partial charge in [-0.15, -0.1) is 0 Å². The van der Waals surface area contributed by atoms with Crippen molar-refractivity contribution in [1.82, 2.24) is 5.32 Å². The first-order valence-corrected chi connectivity index (χ1v) is 4.70. The van der Waals surface area contributed by atoms with Gasteiger partial charge in [-0.2, -0.15) is 0 Å². The van der Waals surface area contributed by atoms with Crippen LogP contribution in [0, 0.1) is 17.8 Å². The van der Waals surface area contributed by atoms with Gasteiger partial charge >= 0.3 is 0 Å². The molecule has 11 heavy (non-hydrogen) atoms. The first-order chi connectivity index (χ1) is 5.38. The minimum Gasteiger partial charge on any atom is -0.396 e. The Labute approximate surface area is 68.0 Å². The zero-order chi connectivity index (χ0) is 7.68. The molecule has 0 amide bonds. The van der Waals surface area contributed by atoms with Crippen LogP contribution in [-0.2, 0) is 0 Å². The van der Waals surface area contributed by atoms with Gasteiger partial charge in [0.25, 0.3) is 0 Å². The number of fused-ring (bicyclic) bond motifs is 2. The molecule has 2 atom stereocenters. The van der Waals surface area contributed by atoms with Gasteiger partial charge in [-0.05, 0) is 50.1 Å². The van der Waals surface area contributed by atoms with E-state index in [1.165, 1.54) is 32.4 Å². The summed E-state index contributed by atoms with van der Waals surface area (Å²) >= 11 is 0. The minimum atomic E-state index is 0.410. The molecule has 2 fully saturated rings. The highest BCUT2D eigenvalue weighted by atomic mass is 16.3. The molecule has 0 aromatic rings. The molecule has 0 radical (unpaired) electrons. The quantitative estimate of drug-likeness (QED) is 0.581. The van der Waals surface area contributed by atoms with E-state index < -0.39 is 0 Å². The van der Waals surface area contributed by atoms with Crippen LogP contribution in [0.15, 0.2) is 0 Å².